The third-order valence-electron chi connectivity index (χ3n) is 6.31. The van der Waals surface area contributed by atoms with Crippen LogP contribution >= 0.6 is 0 Å². The molecule has 1 unspecified atom stereocenters. The second-order valence-electron chi connectivity index (χ2n) is 9.92. The van der Waals surface area contributed by atoms with E-state index in [-0.39, 0.29) is 28.5 Å². The average molecular weight is 492 g/mol. The van der Waals surface area contributed by atoms with E-state index in [0.29, 0.717) is 23.1 Å². The van der Waals surface area contributed by atoms with Gasteiger partial charge in [0.15, 0.2) is 0 Å². The fraction of sp³-hybridized carbons (Fsp3) is 0.440. The molecule has 0 radical (unpaired) electrons. The Kier molecular flexibility index (Phi) is 6.33. The minimum Gasteiger partial charge on any atom is -0.496 e. The number of ether oxygens (including phenoxy) is 2. The first-order chi connectivity index (χ1) is 16.3. The average Bonchev–Trinajstić information content (AvgIpc) is 3.08. The molecule has 7 nitrogen and oxygen atoms in total. The number of aromatic nitrogens is 2. The lowest BCUT2D eigenvalue weighted by atomic mass is 9.70. The Balaban J connectivity index is 1.79. The van der Waals surface area contributed by atoms with E-state index < -0.39 is 12.3 Å². The SMILES string of the molecule is COc1cc2c(cc1C(=O)O)nc(Nc1ccc(OC(F)(F)F)cc1)n2[C@H]1CC(C)CC(C)(C)C1. The van der Waals surface area contributed by atoms with Crippen LogP contribution in [0.5, 0.6) is 11.5 Å². The Bertz CT molecular complexity index is 1240. The molecule has 1 saturated carbocycles. The molecular formula is C25H28F3N3O4. The number of hydrogen-bond acceptors (Lipinski definition) is 5. The number of carboxylic acids is 1. The number of carbonyl (C=O) groups is 1. The molecule has 1 aromatic heterocycles. The van der Waals surface area contributed by atoms with Gasteiger partial charge < -0.3 is 24.5 Å². The van der Waals surface area contributed by atoms with Crippen LogP contribution in [0.2, 0.25) is 0 Å². The Morgan fingerprint density at radius 3 is 2.46 bits per heavy atom. The molecule has 2 atom stereocenters. The fourth-order valence-electron chi connectivity index (χ4n) is 5.28. The number of nitrogens with one attached hydrogen (secondary N) is 1. The summed E-state index contributed by atoms with van der Waals surface area (Å²) in [5, 5.41) is 12.8. The predicted octanol–water partition coefficient (Wildman–Crippen LogP) is 6.77. The quantitative estimate of drug-likeness (QED) is 0.396. The van der Waals surface area contributed by atoms with E-state index in [1.165, 1.54) is 37.4 Å². The number of halogens is 3. The van der Waals surface area contributed by atoms with Crippen LogP contribution in [0, 0.1) is 11.3 Å². The maximum atomic E-state index is 12.5. The summed E-state index contributed by atoms with van der Waals surface area (Å²) in [6, 6.07) is 8.64. The van der Waals surface area contributed by atoms with Crippen molar-refractivity contribution in [2.75, 3.05) is 12.4 Å². The summed E-state index contributed by atoms with van der Waals surface area (Å²) in [5.41, 5.74) is 1.82. The summed E-state index contributed by atoms with van der Waals surface area (Å²) in [6.07, 6.45) is -1.88. The molecule has 1 aliphatic carbocycles. The highest BCUT2D eigenvalue weighted by Gasteiger charge is 2.35. The first kappa shape index (κ1) is 24.7. The van der Waals surface area contributed by atoms with E-state index in [1.54, 1.807) is 6.07 Å². The van der Waals surface area contributed by atoms with Crippen LogP contribution < -0.4 is 14.8 Å². The van der Waals surface area contributed by atoms with Gasteiger partial charge in [-0.1, -0.05) is 20.8 Å². The Labute approximate surface area is 200 Å². The van der Waals surface area contributed by atoms with Gasteiger partial charge in [0.2, 0.25) is 5.95 Å². The molecule has 1 fully saturated rings. The fourth-order valence-corrected chi connectivity index (χ4v) is 5.28. The molecule has 0 spiro atoms. The van der Waals surface area contributed by atoms with Crippen molar-refractivity contribution in [2.24, 2.45) is 11.3 Å². The topological polar surface area (TPSA) is 85.6 Å². The lowest BCUT2D eigenvalue weighted by Gasteiger charge is -2.40. The van der Waals surface area contributed by atoms with E-state index in [2.05, 4.69) is 40.4 Å². The smallest absolute Gasteiger partial charge is 0.496 e. The highest BCUT2D eigenvalue weighted by molar-refractivity contribution is 5.96. The maximum Gasteiger partial charge on any atom is 0.573 e. The van der Waals surface area contributed by atoms with Crippen LogP contribution in [0.4, 0.5) is 24.8 Å². The number of anilines is 2. The number of rotatable bonds is 6. The molecule has 2 N–H and O–H groups in total. The zero-order valence-electron chi connectivity index (χ0n) is 19.9. The predicted molar refractivity (Wildman–Crippen MR) is 125 cm³/mol. The summed E-state index contributed by atoms with van der Waals surface area (Å²) < 4.78 is 48.9. The van der Waals surface area contributed by atoms with Crippen LogP contribution in [0.1, 0.15) is 56.4 Å². The highest BCUT2D eigenvalue weighted by atomic mass is 19.4. The molecule has 1 heterocycles. The number of alkyl halides is 3. The summed E-state index contributed by atoms with van der Waals surface area (Å²) >= 11 is 0. The molecule has 3 aromatic rings. The number of hydrogen-bond donors (Lipinski definition) is 2. The number of fused-ring (bicyclic) bond motifs is 1. The van der Waals surface area contributed by atoms with Gasteiger partial charge in [0.1, 0.15) is 17.1 Å². The van der Waals surface area contributed by atoms with Gasteiger partial charge in [-0.2, -0.15) is 0 Å². The van der Waals surface area contributed by atoms with Crippen LogP contribution in [0.25, 0.3) is 11.0 Å². The second kappa shape index (κ2) is 8.98. The Morgan fingerprint density at radius 2 is 1.89 bits per heavy atom. The van der Waals surface area contributed by atoms with Crippen molar-refractivity contribution < 1.29 is 32.5 Å². The number of nitrogens with zero attached hydrogens (tertiary/aromatic N) is 2. The summed E-state index contributed by atoms with van der Waals surface area (Å²) in [6.45, 7) is 6.66. The van der Waals surface area contributed by atoms with Crippen molar-refractivity contribution >= 4 is 28.6 Å². The maximum absolute atomic E-state index is 12.5. The Hall–Kier alpha value is -3.43. The van der Waals surface area contributed by atoms with Crippen molar-refractivity contribution in [3.8, 4) is 11.5 Å². The molecule has 4 rings (SSSR count). The van der Waals surface area contributed by atoms with E-state index in [4.69, 9.17) is 4.74 Å². The first-order valence-electron chi connectivity index (χ1n) is 11.3. The standard InChI is InChI=1S/C25H28F3N3O4/c1-14-9-16(13-24(2,3)12-14)31-20-11-21(34-4)18(22(32)33)10-19(20)30-23(31)29-15-5-7-17(8-6-15)35-25(26,27)28/h5-8,10-11,14,16H,9,12-13H2,1-4H3,(H,29,30)(H,32,33)/t14?,16-/m0/s1. The molecule has 35 heavy (non-hydrogen) atoms. The third kappa shape index (κ3) is 5.47. The van der Waals surface area contributed by atoms with Crippen LogP contribution in [0.15, 0.2) is 36.4 Å². The number of aromatic carboxylic acids is 1. The zero-order valence-corrected chi connectivity index (χ0v) is 19.9. The molecule has 0 amide bonds. The molecular weight excluding hydrogens is 463 g/mol. The van der Waals surface area contributed by atoms with Gasteiger partial charge in [0.25, 0.3) is 0 Å². The van der Waals surface area contributed by atoms with E-state index in [9.17, 15) is 23.1 Å². The molecule has 10 heteroatoms. The van der Waals surface area contributed by atoms with E-state index >= 15 is 0 Å². The van der Waals surface area contributed by atoms with Gasteiger partial charge in [-0.05, 0) is 60.9 Å². The van der Waals surface area contributed by atoms with Crippen LogP contribution in [-0.2, 0) is 0 Å². The van der Waals surface area contributed by atoms with Crippen molar-refractivity contribution in [3.05, 3.63) is 42.0 Å². The van der Waals surface area contributed by atoms with E-state index in [0.717, 1.165) is 24.8 Å². The largest absolute Gasteiger partial charge is 0.573 e. The summed E-state index contributed by atoms with van der Waals surface area (Å²) in [4.78, 5) is 16.4. The van der Waals surface area contributed by atoms with Crippen molar-refractivity contribution in [1.29, 1.82) is 0 Å². The summed E-state index contributed by atoms with van der Waals surface area (Å²) in [7, 11) is 1.42. The van der Waals surface area contributed by atoms with Crippen LogP contribution in [0.3, 0.4) is 0 Å². The minimum atomic E-state index is -4.77. The van der Waals surface area contributed by atoms with Gasteiger partial charge in [0.05, 0.1) is 18.1 Å². The van der Waals surface area contributed by atoms with Gasteiger partial charge in [-0.3, -0.25) is 0 Å². The third-order valence-corrected chi connectivity index (χ3v) is 6.31. The second-order valence-corrected chi connectivity index (χ2v) is 9.92. The van der Waals surface area contributed by atoms with E-state index in [1.807, 2.05) is 0 Å². The van der Waals surface area contributed by atoms with Gasteiger partial charge in [-0.15, -0.1) is 13.2 Å². The van der Waals surface area contributed by atoms with Crippen molar-refractivity contribution in [1.82, 2.24) is 9.55 Å². The number of methoxy groups -OCH3 is 1. The van der Waals surface area contributed by atoms with Crippen LogP contribution in [-0.4, -0.2) is 34.1 Å². The van der Waals surface area contributed by atoms with Gasteiger partial charge in [-0.25, -0.2) is 9.78 Å². The van der Waals surface area contributed by atoms with Crippen molar-refractivity contribution in [3.63, 3.8) is 0 Å². The van der Waals surface area contributed by atoms with Gasteiger partial charge in [0, 0.05) is 17.8 Å². The lowest BCUT2D eigenvalue weighted by Crippen LogP contribution is -2.29. The minimum absolute atomic E-state index is 0.00203. The number of benzene rings is 2. The first-order valence-corrected chi connectivity index (χ1v) is 11.3. The van der Waals surface area contributed by atoms with Crippen molar-refractivity contribution in [2.45, 2.75) is 52.4 Å². The highest BCUT2D eigenvalue weighted by Crippen LogP contribution is 2.46. The molecule has 0 bridgehead atoms. The zero-order chi connectivity index (χ0) is 25.5. The van der Waals surface area contributed by atoms with Gasteiger partial charge >= 0.3 is 12.3 Å². The monoisotopic (exact) mass is 491 g/mol. The molecule has 0 saturated heterocycles. The normalized spacial score (nSPS) is 20.0. The number of imidazole rings is 1. The summed E-state index contributed by atoms with van der Waals surface area (Å²) in [5.74, 6) is -0.276. The number of carboxylic acid groups (broad SMARTS) is 1. The molecule has 188 valence electrons. The molecule has 1 aliphatic rings. The lowest BCUT2D eigenvalue weighted by molar-refractivity contribution is -0.274. The molecule has 0 aliphatic heterocycles. The molecule has 2 aromatic carbocycles. The Morgan fingerprint density at radius 1 is 1.20 bits per heavy atom.